The van der Waals surface area contributed by atoms with Crippen molar-refractivity contribution in [1.82, 2.24) is 15.2 Å². The molecule has 0 aliphatic carbocycles. The summed E-state index contributed by atoms with van der Waals surface area (Å²) in [5, 5.41) is 18.3. The number of rotatable bonds is 2. The second-order valence-corrected chi connectivity index (χ2v) is 8.14. The number of hydrogen-bond donors (Lipinski definition) is 2. The van der Waals surface area contributed by atoms with Crippen molar-refractivity contribution in [3.05, 3.63) is 58.1 Å². The van der Waals surface area contributed by atoms with Gasteiger partial charge in [0.1, 0.15) is 17.5 Å². The van der Waals surface area contributed by atoms with E-state index in [2.05, 4.69) is 52.4 Å². The van der Waals surface area contributed by atoms with Gasteiger partial charge in [-0.2, -0.15) is 5.26 Å². The molecule has 1 atom stereocenters. The van der Waals surface area contributed by atoms with E-state index in [9.17, 15) is 5.26 Å². The van der Waals surface area contributed by atoms with Gasteiger partial charge in [0.05, 0.1) is 11.4 Å². The van der Waals surface area contributed by atoms with E-state index in [-0.39, 0.29) is 11.8 Å². The van der Waals surface area contributed by atoms with Gasteiger partial charge in [-0.25, -0.2) is 4.98 Å². The fourth-order valence-electron chi connectivity index (χ4n) is 4.56. The highest BCUT2D eigenvalue weighted by molar-refractivity contribution is 5.84. The van der Waals surface area contributed by atoms with Gasteiger partial charge in [-0.1, -0.05) is 12.1 Å². The van der Waals surface area contributed by atoms with E-state index in [4.69, 9.17) is 15.5 Å². The van der Waals surface area contributed by atoms with Crippen molar-refractivity contribution in [2.75, 3.05) is 18.0 Å². The lowest BCUT2D eigenvalue weighted by atomic mass is 9.83. The Morgan fingerprint density at radius 3 is 2.77 bits per heavy atom. The molecule has 3 aromatic rings. The summed E-state index contributed by atoms with van der Waals surface area (Å²) in [6, 6.07) is 10.7. The van der Waals surface area contributed by atoms with Crippen LogP contribution in [-0.4, -0.2) is 28.3 Å². The van der Waals surface area contributed by atoms with Crippen LogP contribution >= 0.6 is 0 Å². The standard InChI is InChI=1S/C23H24N6O/c1-13-6-7-15-11-16(22(26-18(15)10-13)29-8-4-3-5-9-29)20-17(12-24)21(25)30-23-19(20)14(2)27-28-23/h6-7,10-11,20H,3-5,8-9,25H2,1-2H3,(H,27,28). The van der Waals surface area contributed by atoms with Crippen LogP contribution < -0.4 is 15.4 Å². The van der Waals surface area contributed by atoms with Gasteiger partial charge in [0.15, 0.2) is 0 Å². The van der Waals surface area contributed by atoms with Gasteiger partial charge >= 0.3 is 0 Å². The van der Waals surface area contributed by atoms with Crippen molar-refractivity contribution >= 4 is 16.7 Å². The number of aromatic nitrogens is 3. The Balaban J connectivity index is 1.79. The topological polar surface area (TPSA) is 104 Å². The van der Waals surface area contributed by atoms with Crippen LogP contribution in [0.1, 0.15) is 47.6 Å². The zero-order chi connectivity index (χ0) is 20.8. The van der Waals surface area contributed by atoms with E-state index in [1.165, 1.54) is 12.0 Å². The minimum absolute atomic E-state index is 0.107. The maximum absolute atomic E-state index is 9.97. The molecule has 2 aliphatic rings. The first kappa shape index (κ1) is 18.5. The molecule has 1 unspecified atom stereocenters. The van der Waals surface area contributed by atoms with Crippen LogP contribution in [0, 0.1) is 25.2 Å². The molecular weight excluding hydrogens is 376 g/mol. The van der Waals surface area contributed by atoms with Crippen molar-refractivity contribution in [2.24, 2.45) is 5.73 Å². The largest absolute Gasteiger partial charge is 0.420 e. The number of pyridine rings is 1. The molecule has 7 heteroatoms. The summed E-state index contributed by atoms with van der Waals surface area (Å²) in [5.74, 6) is 1.09. The second-order valence-electron chi connectivity index (χ2n) is 8.14. The van der Waals surface area contributed by atoms with Crippen LogP contribution in [0.2, 0.25) is 0 Å². The number of H-pyrrole nitrogens is 1. The van der Waals surface area contributed by atoms with Crippen molar-refractivity contribution in [3.63, 3.8) is 0 Å². The van der Waals surface area contributed by atoms with Crippen molar-refractivity contribution < 1.29 is 4.74 Å². The first-order valence-electron chi connectivity index (χ1n) is 10.4. The number of hydrogen-bond acceptors (Lipinski definition) is 6. The van der Waals surface area contributed by atoms with Gasteiger partial charge in [0.2, 0.25) is 11.8 Å². The lowest BCUT2D eigenvalue weighted by molar-refractivity contribution is 0.378. The van der Waals surface area contributed by atoms with Crippen LogP contribution in [-0.2, 0) is 0 Å². The number of aromatic amines is 1. The number of aryl methyl sites for hydroxylation is 2. The van der Waals surface area contributed by atoms with E-state index in [1.54, 1.807) is 0 Å². The van der Waals surface area contributed by atoms with Gasteiger partial charge in [-0.3, -0.25) is 5.10 Å². The zero-order valence-electron chi connectivity index (χ0n) is 17.2. The van der Waals surface area contributed by atoms with Gasteiger partial charge in [-0.05, 0) is 50.8 Å². The summed E-state index contributed by atoms with van der Waals surface area (Å²) in [4.78, 5) is 7.44. The molecule has 5 rings (SSSR count). The number of benzene rings is 1. The molecule has 3 N–H and O–H groups in total. The molecule has 30 heavy (non-hydrogen) atoms. The van der Waals surface area contributed by atoms with Crippen molar-refractivity contribution in [2.45, 2.75) is 39.0 Å². The Hall–Kier alpha value is -3.53. The van der Waals surface area contributed by atoms with Crippen molar-refractivity contribution in [1.29, 1.82) is 5.26 Å². The van der Waals surface area contributed by atoms with Gasteiger partial charge in [-0.15, -0.1) is 5.10 Å². The minimum Gasteiger partial charge on any atom is -0.420 e. The van der Waals surface area contributed by atoms with Crippen LogP contribution in [0.5, 0.6) is 5.88 Å². The molecule has 0 spiro atoms. The lowest BCUT2D eigenvalue weighted by Crippen LogP contribution is -2.32. The molecule has 1 saturated heterocycles. The summed E-state index contributed by atoms with van der Waals surface area (Å²) in [5.41, 5.74) is 11.4. The number of piperidine rings is 1. The van der Waals surface area contributed by atoms with Crippen LogP contribution in [0.4, 0.5) is 5.82 Å². The SMILES string of the molecule is Cc1ccc2cc(C3C(C#N)=C(N)Oc4n[nH]c(C)c43)c(N3CCCCC3)nc2c1. The van der Waals surface area contributed by atoms with E-state index in [0.29, 0.717) is 11.5 Å². The molecule has 4 heterocycles. The first-order valence-corrected chi connectivity index (χ1v) is 10.4. The monoisotopic (exact) mass is 400 g/mol. The fourth-order valence-corrected chi connectivity index (χ4v) is 4.56. The highest BCUT2D eigenvalue weighted by Gasteiger charge is 2.37. The number of nitrogens with two attached hydrogens (primary N) is 1. The Morgan fingerprint density at radius 2 is 2.00 bits per heavy atom. The minimum atomic E-state index is -0.368. The number of nitrogens with one attached hydrogen (secondary N) is 1. The number of anilines is 1. The average molecular weight is 400 g/mol. The maximum Gasteiger partial charge on any atom is 0.244 e. The van der Waals surface area contributed by atoms with E-state index in [0.717, 1.165) is 59.5 Å². The van der Waals surface area contributed by atoms with Crippen LogP contribution in [0.25, 0.3) is 10.9 Å². The molecule has 2 aromatic heterocycles. The molecular formula is C23H24N6O. The number of ether oxygens (including phenoxy) is 1. The average Bonchev–Trinajstić information content (AvgIpc) is 3.12. The third kappa shape index (κ3) is 2.88. The van der Waals surface area contributed by atoms with Crippen molar-refractivity contribution in [3.8, 4) is 11.9 Å². The van der Waals surface area contributed by atoms with E-state index < -0.39 is 0 Å². The van der Waals surface area contributed by atoms with E-state index in [1.807, 2.05) is 6.92 Å². The second kappa shape index (κ2) is 7.06. The predicted octanol–water partition coefficient (Wildman–Crippen LogP) is 3.78. The van der Waals surface area contributed by atoms with Crippen LogP contribution in [0.15, 0.2) is 35.7 Å². The molecule has 1 aromatic carbocycles. The summed E-state index contributed by atoms with van der Waals surface area (Å²) < 4.78 is 5.65. The maximum atomic E-state index is 9.97. The summed E-state index contributed by atoms with van der Waals surface area (Å²) >= 11 is 0. The Morgan fingerprint density at radius 1 is 1.20 bits per heavy atom. The van der Waals surface area contributed by atoms with E-state index >= 15 is 0 Å². The molecule has 1 fully saturated rings. The molecule has 7 nitrogen and oxygen atoms in total. The van der Waals surface area contributed by atoms with Gasteiger partial charge in [0.25, 0.3) is 0 Å². The molecule has 0 saturated carbocycles. The summed E-state index contributed by atoms with van der Waals surface area (Å²) in [7, 11) is 0. The Kier molecular flexibility index (Phi) is 4.35. The Bertz CT molecular complexity index is 1210. The quantitative estimate of drug-likeness (QED) is 0.678. The fraction of sp³-hybridized carbons (Fsp3) is 0.348. The number of nitrogens with zero attached hydrogens (tertiary/aromatic N) is 4. The van der Waals surface area contributed by atoms with Gasteiger partial charge in [0, 0.05) is 35.3 Å². The molecule has 152 valence electrons. The predicted molar refractivity (Wildman–Crippen MR) is 115 cm³/mol. The van der Waals surface area contributed by atoms with Gasteiger partial charge < -0.3 is 15.4 Å². The third-order valence-electron chi connectivity index (χ3n) is 6.08. The summed E-state index contributed by atoms with van der Waals surface area (Å²) in [6.45, 7) is 5.93. The Labute approximate surface area is 175 Å². The highest BCUT2D eigenvalue weighted by Crippen LogP contribution is 2.46. The smallest absolute Gasteiger partial charge is 0.244 e. The molecule has 0 amide bonds. The number of fused-ring (bicyclic) bond motifs is 2. The van der Waals surface area contributed by atoms with Crippen LogP contribution in [0.3, 0.4) is 0 Å². The normalized spacial score (nSPS) is 18.8. The lowest BCUT2D eigenvalue weighted by Gasteiger charge is -2.32. The molecule has 2 aliphatic heterocycles. The first-order chi connectivity index (χ1) is 14.6. The highest BCUT2D eigenvalue weighted by atomic mass is 16.5. The number of nitriles is 1. The third-order valence-corrected chi connectivity index (χ3v) is 6.08. The summed E-state index contributed by atoms with van der Waals surface area (Å²) in [6.07, 6.45) is 3.51. The number of allylic oxidation sites excluding steroid dienone is 1. The molecule has 0 radical (unpaired) electrons. The zero-order valence-corrected chi connectivity index (χ0v) is 17.2. The molecule has 0 bridgehead atoms.